The van der Waals surface area contributed by atoms with Crippen molar-refractivity contribution >= 4 is 5.91 Å². The largest absolute Gasteiger partial charge is 0.366 e. The molecule has 0 saturated heterocycles. The van der Waals surface area contributed by atoms with Gasteiger partial charge in [-0.2, -0.15) is 0 Å². The van der Waals surface area contributed by atoms with Gasteiger partial charge in [0.1, 0.15) is 0 Å². The number of amides is 1. The van der Waals surface area contributed by atoms with Gasteiger partial charge in [0, 0.05) is 24.2 Å². The Morgan fingerprint density at radius 1 is 1.37 bits per heavy atom. The van der Waals surface area contributed by atoms with Gasteiger partial charge in [-0.25, -0.2) is 0 Å². The summed E-state index contributed by atoms with van der Waals surface area (Å²) in [6.45, 7) is 1.64. The fraction of sp³-hybridized carbons (Fsp3) is 0.533. The molecule has 1 saturated carbocycles. The summed E-state index contributed by atoms with van der Waals surface area (Å²) in [6.07, 6.45) is 3.78. The molecule has 1 aromatic carbocycles. The first-order chi connectivity index (χ1) is 9.05. The van der Waals surface area contributed by atoms with Crippen molar-refractivity contribution in [1.82, 2.24) is 10.2 Å². The number of hydrogen-bond acceptors (Lipinski definition) is 3. The first-order valence-electron chi connectivity index (χ1n) is 6.81. The number of carbonyl (C=O) groups excluding carboxylic acids is 1. The van der Waals surface area contributed by atoms with E-state index < -0.39 is 0 Å². The molecule has 0 bridgehead atoms. The third-order valence-electron chi connectivity index (χ3n) is 4.29. The molecule has 4 nitrogen and oxygen atoms in total. The number of rotatable bonds is 6. The minimum Gasteiger partial charge on any atom is -0.366 e. The number of likely N-dealkylation sites (N-methyl/N-ethyl adjacent to an activating group) is 1. The minimum absolute atomic E-state index is 0.293. The van der Waals surface area contributed by atoms with E-state index in [0.29, 0.717) is 17.6 Å². The van der Waals surface area contributed by atoms with Gasteiger partial charge in [-0.05, 0) is 45.0 Å². The van der Waals surface area contributed by atoms with Gasteiger partial charge >= 0.3 is 0 Å². The Hall–Kier alpha value is -1.39. The maximum atomic E-state index is 11.3. The predicted molar refractivity (Wildman–Crippen MR) is 76.9 cm³/mol. The zero-order valence-corrected chi connectivity index (χ0v) is 11.8. The second-order valence-corrected chi connectivity index (χ2v) is 5.60. The number of nitrogens with two attached hydrogens (primary N) is 1. The normalized spacial score (nSPS) is 17.2. The lowest BCUT2D eigenvalue weighted by Crippen LogP contribution is -2.56. The summed E-state index contributed by atoms with van der Waals surface area (Å²) in [5.41, 5.74) is 7.26. The van der Waals surface area contributed by atoms with Crippen LogP contribution in [0.4, 0.5) is 0 Å². The van der Waals surface area contributed by atoms with Gasteiger partial charge in [0.25, 0.3) is 0 Å². The van der Waals surface area contributed by atoms with E-state index in [1.54, 1.807) is 6.07 Å². The van der Waals surface area contributed by atoms with Crippen molar-refractivity contribution in [3.63, 3.8) is 0 Å². The molecule has 1 aliphatic rings. The van der Waals surface area contributed by atoms with Gasteiger partial charge in [-0.15, -0.1) is 0 Å². The van der Waals surface area contributed by atoms with Gasteiger partial charge in [0.05, 0.1) is 0 Å². The molecule has 1 amide bonds. The van der Waals surface area contributed by atoms with Crippen molar-refractivity contribution in [2.45, 2.75) is 31.3 Å². The third kappa shape index (κ3) is 2.96. The van der Waals surface area contributed by atoms with Gasteiger partial charge in [0.15, 0.2) is 0 Å². The average molecular weight is 261 g/mol. The molecule has 1 aromatic rings. The number of carbonyl (C=O) groups is 1. The molecule has 3 N–H and O–H groups in total. The Kier molecular flexibility index (Phi) is 4.22. The van der Waals surface area contributed by atoms with Crippen molar-refractivity contribution < 1.29 is 4.79 Å². The van der Waals surface area contributed by atoms with Crippen LogP contribution in [0.5, 0.6) is 0 Å². The Bertz CT molecular complexity index is 452. The maximum absolute atomic E-state index is 11.3. The minimum atomic E-state index is -0.358. The molecule has 0 aliphatic heterocycles. The first kappa shape index (κ1) is 14.0. The van der Waals surface area contributed by atoms with Crippen LogP contribution in [-0.2, 0) is 6.54 Å². The van der Waals surface area contributed by atoms with E-state index in [4.69, 9.17) is 5.73 Å². The average Bonchev–Trinajstić information content (AvgIpc) is 2.32. The molecule has 0 aromatic heterocycles. The SMILES string of the molecule is CN(C)C1(CNCc2ccccc2C(N)=O)CCC1. The lowest BCUT2D eigenvalue weighted by molar-refractivity contribution is 0.0598. The van der Waals surface area contributed by atoms with Crippen LogP contribution in [0.25, 0.3) is 0 Å². The Labute approximate surface area is 115 Å². The highest BCUT2D eigenvalue weighted by Gasteiger charge is 2.38. The van der Waals surface area contributed by atoms with Crippen LogP contribution in [-0.4, -0.2) is 37.0 Å². The summed E-state index contributed by atoms with van der Waals surface area (Å²) in [5, 5.41) is 3.47. The van der Waals surface area contributed by atoms with E-state index >= 15 is 0 Å². The van der Waals surface area contributed by atoms with Crippen LogP contribution < -0.4 is 11.1 Å². The molecule has 4 heteroatoms. The van der Waals surface area contributed by atoms with E-state index in [9.17, 15) is 4.79 Å². The highest BCUT2D eigenvalue weighted by molar-refractivity contribution is 5.94. The van der Waals surface area contributed by atoms with Gasteiger partial charge in [-0.1, -0.05) is 18.2 Å². The topological polar surface area (TPSA) is 58.4 Å². The van der Waals surface area contributed by atoms with Gasteiger partial charge < -0.3 is 16.0 Å². The monoisotopic (exact) mass is 261 g/mol. The molecule has 2 rings (SSSR count). The Balaban J connectivity index is 1.94. The number of hydrogen-bond donors (Lipinski definition) is 2. The Morgan fingerprint density at radius 2 is 2.05 bits per heavy atom. The molecule has 1 aliphatic carbocycles. The lowest BCUT2D eigenvalue weighted by Gasteiger charge is -2.47. The molecular formula is C15H23N3O. The lowest BCUT2D eigenvalue weighted by atomic mass is 9.75. The first-order valence-corrected chi connectivity index (χ1v) is 6.81. The van der Waals surface area contributed by atoms with Crippen molar-refractivity contribution in [3.05, 3.63) is 35.4 Å². The number of benzene rings is 1. The number of nitrogens with one attached hydrogen (secondary N) is 1. The molecule has 0 unspecified atom stereocenters. The molecule has 19 heavy (non-hydrogen) atoms. The zero-order valence-electron chi connectivity index (χ0n) is 11.8. The van der Waals surface area contributed by atoms with Crippen LogP contribution in [0.3, 0.4) is 0 Å². The van der Waals surface area contributed by atoms with Crippen LogP contribution in [0.15, 0.2) is 24.3 Å². The summed E-state index contributed by atoms with van der Waals surface area (Å²) >= 11 is 0. The molecule has 1 fully saturated rings. The molecular weight excluding hydrogens is 238 g/mol. The van der Waals surface area contributed by atoms with E-state index in [1.165, 1.54) is 19.3 Å². The predicted octanol–water partition coefficient (Wildman–Crippen LogP) is 1.36. The summed E-state index contributed by atoms with van der Waals surface area (Å²) < 4.78 is 0. The van der Waals surface area contributed by atoms with E-state index in [0.717, 1.165) is 12.1 Å². The van der Waals surface area contributed by atoms with Crippen molar-refractivity contribution in [2.75, 3.05) is 20.6 Å². The van der Waals surface area contributed by atoms with E-state index in [1.807, 2.05) is 18.2 Å². The zero-order chi connectivity index (χ0) is 13.9. The smallest absolute Gasteiger partial charge is 0.249 e. The Morgan fingerprint density at radius 3 is 2.58 bits per heavy atom. The fourth-order valence-electron chi connectivity index (χ4n) is 2.71. The number of nitrogens with zero attached hydrogens (tertiary/aromatic N) is 1. The van der Waals surface area contributed by atoms with Crippen molar-refractivity contribution in [2.24, 2.45) is 5.73 Å². The van der Waals surface area contributed by atoms with E-state index in [-0.39, 0.29) is 5.91 Å². The van der Waals surface area contributed by atoms with E-state index in [2.05, 4.69) is 24.3 Å². The van der Waals surface area contributed by atoms with Crippen LogP contribution in [0.1, 0.15) is 35.2 Å². The van der Waals surface area contributed by atoms with Gasteiger partial charge in [-0.3, -0.25) is 4.79 Å². The molecule has 0 radical (unpaired) electrons. The molecule has 0 spiro atoms. The summed E-state index contributed by atoms with van der Waals surface area (Å²) in [5.74, 6) is -0.358. The second kappa shape index (κ2) is 5.72. The van der Waals surface area contributed by atoms with Crippen molar-refractivity contribution in [1.29, 1.82) is 0 Å². The molecule has 0 heterocycles. The van der Waals surface area contributed by atoms with Crippen molar-refractivity contribution in [3.8, 4) is 0 Å². The van der Waals surface area contributed by atoms with Gasteiger partial charge in [0.2, 0.25) is 5.91 Å². The quantitative estimate of drug-likeness (QED) is 0.813. The van der Waals surface area contributed by atoms with Crippen LogP contribution in [0.2, 0.25) is 0 Å². The second-order valence-electron chi connectivity index (χ2n) is 5.60. The maximum Gasteiger partial charge on any atom is 0.249 e. The van der Waals surface area contributed by atoms with Crippen LogP contribution in [0, 0.1) is 0 Å². The fourth-order valence-corrected chi connectivity index (χ4v) is 2.71. The third-order valence-corrected chi connectivity index (χ3v) is 4.29. The molecule has 0 atom stereocenters. The molecule has 104 valence electrons. The summed E-state index contributed by atoms with van der Waals surface area (Å²) in [6, 6.07) is 7.52. The summed E-state index contributed by atoms with van der Waals surface area (Å²) in [4.78, 5) is 13.7. The number of primary amides is 1. The highest BCUT2D eigenvalue weighted by atomic mass is 16.1. The van der Waals surface area contributed by atoms with Crippen LogP contribution >= 0.6 is 0 Å². The summed E-state index contributed by atoms with van der Waals surface area (Å²) in [7, 11) is 4.27. The standard InChI is InChI=1S/C15H23N3O/c1-18(2)15(8-5-9-15)11-17-10-12-6-3-4-7-13(12)14(16)19/h3-4,6-7,17H,5,8-11H2,1-2H3,(H2,16,19). The highest BCUT2D eigenvalue weighted by Crippen LogP contribution is 2.35.